The van der Waals surface area contributed by atoms with Gasteiger partial charge in [-0.05, 0) is 36.6 Å². The summed E-state index contributed by atoms with van der Waals surface area (Å²) in [5.41, 5.74) is 0.342. The first kappa shape index (κ1) is 28.1. The largest absolute Gasteiger partial charge is 0.354 e. The molecule has 0 heterocycles. The maximum atomic E-state index is 13.4. The molecule has 1 atom stereocenters. The summed E-state index contributed by atoms with van der Waals surface area (Å²) in [7, 11) is -3.99. The summed E-state index contributed by atoms with van der Waals surface area (Å²) in [6.45, 7) is 5.22. The van der Waals surface area contributed by atoms with Crippen molar-refractivity contribution in [1.29, 1.82) is 0 Å². The van der Waals surface area contributed by atoms with Crippen molar-refractivity contribution in [3.8, 4) is 0 Å². The first-order valence-electron chi connectivity index (χ1n) is 10.8. The number of anilines is 1. The Bertz CT molecular complexity index is 1170. The maximum Gasteiger partial charge on any atom is 0.271 e. The number of nitrogens with one attached hydrogen (secondary N) is 1. The Kier molecular flexibility index (Phi) is 9.61. The van der Waals surface area contributed by atoms with Crippen molar-refractivity contribution in [2.24, 2.45) is 5.92 Å². The van der Waals surface area contributed by atoms with E-state index in [9.17, 15) is 28.1 Å². The Morgan fingerprint density at radius 2 is 1.74 bits per heavy atom. The fourth-order valence-corrected chi connectivity index (χ4v) is 4.16. The van der Waals surface area contributed by atoms with E-state index in [1.54, 1.807) is 31.2 Å². The van der Waals surface area contributed by atoms with Gasteiger partial charge in [-0.15, -0.1) is 0 Å². The van der Waals surface area contributed by atoms with Crippen LogP contribution in [0.4, 0.5) is 11.4 Å². The zero-order valence-electron chi connectivity index (χ0n) is 20.0. The summed E-state index contributed by atoms with van der Waals surface area (Å²) in [5.74, 6) is -0.840. The maximum absolute atomic E-state index is 13.4. The number of hydrogen-bond donors (Lipinski definition) is 1. The highest BCUT2D eigenvalue weighted by Gasteiger charge is 2.30. The predicted molar refractivity (Wildman–Crippen MR) is 135 cm³/mol. The highest BCUT2D eigenvalue weighted by molar-refractivity contribution is 7.92. The van der Waals surface area contributed by atoms with E-state index in [4.69, 9.17) is 11.6 Å². The number of sulfonamides is 1. The fraction of sp³-hybridized carbons (Fsp3) is 0.391. The number of carbonyl (C=O) groups excluding carboxylic acids is 2. The summed E-state index contributed by atoms with van der Waals surface area (Å²) in [6, 6.07) is 10.8. The molecule has 2 aromatic carbocycles. The standard InChI is InChI=1S/C23H29ClN4O6S/c1-16(2)13-25-23(30)17(3)26(14-18-8-10-19(24)11-9-18)22(29)15-27(35(4,33)34)20-6-5-7-21(12-20)28(31)32/h5-12,16-17H,13-15H2,1-4H3,(H,25,30)/t17-/m0/s1. The molecule has 0 bridgehead atoms. The molecule has 2 amide bonds. The molecule has 0 aliphatic carbocycles. The third-order valence-electron chi connectivity index (χ3n) is 5.13. The molecule has 190 valence electrons. The van der Waals surface area contributed by atoms with Crippen LogP contribution in [0.15, 0.2) is 48.5 Å². The molecule has 2 rings (SSSR count). The van der Waals surface area contributed by atoms with Gasteiger partial charge in [-0.2, -0.15) is 0 Å². The lowest BCUT2D eigenvalue weighted by atomic mass is 10.1. The monoisotopic (exact) mass is 524 g/mol. The van der Waals surface area contributed by atoms with Crippen molar-refractivity contribution < 1.29 is 22.9 Å². The predicted octanol–water partition coefficient (Wildman–Crippen LogP) is 3.20. The zero-order chi connectivity index (χ0) is 26.3. The number of benzene rings is 2. The van der Waals surface area contributed by atoms with Gasteiger partial charge >= 0.3 is 0 Å². The van der Waals surface area contributed by atoms with Gasteiger partial charge in [0.2, 0.25) is 21.8 Å². The van der Waals surface area contributed by atoms with Gasteiger partial charge in [0, 0.05) is 30.2 Å². The highest BCUT2D eigenvalue weighted by atomic mass is 35.5. The Morgan fingerprint density at radius 1 is 1.11 bits per heavy atom. The van der Waals surface area contributed by atoms with Crippen LogP contribution < -0.4 is 9.62 Å². The highest BCUT2D eigenvalue weighted by Crippen LogP contribution is 2.24. The van der Waals surface area contributed by atoms with E-state index >= 15 is 0 Å². The van der Waals surface area contributed by atoms with Gasteiger partial charge in [0.1, 0.15) is 12.6 Å². The summed E-state index contributed by atoms with van der Waals surface area (Å²) >= 11 is 5.95. The molecule has 0 aliphatic rings. The van der Waals surface area contributed by atoms with Gasteiger partial charge in [-0.3, -0.25) is 24.0 Å². The van der Waals surface area contributed by atoms with Gasteiger partial charge in [0.05, 0.1) is 16.9 Å². The normalized spacial score (nSPS) is 12.2. The number of halogens is 1. The third-order valence-corrected chi connectivity index (χ3v) is 6.52. The Labute approximate surface area is 210 Å². The molecule has 0 unspecified atom stereocenters. The van der Waals surface area contributed by atoms with Crippen LogP contribution in [0.3, 0.4) is 0 Å². The van der Waals surface area contributed by atoms with Gasteiger partial charge in [-0.1, -0.05) is 43.6 Å². The molecule has 10 nitrogen and oxygen atoms in total. The molecule has 0 aromatic heterocycles. The van der Waals surface area contributed by atoms with Crippen molar-refractivity contribution in [2.45, 2.75) is 33.4 Å². The molecule has 0 saturated carbocycles. The molecule has 2 aromatic rings. The van der Waals surface area contributed by atoms with Crippen molar-refractivity contribution >= 4 is 44.8 Å². The van der Waals surface area contributed by atoms with E-state index < -0.39 is 33.4 Å². The van der Waals surface area contributed by atoms with Gasteiger partial charge in [-0.25, -0.2) is 8.42 Å². The summed E-state index contributed by atoms with van der Waals surface area (Å²) in [6.07, 6.45) is 0.904. The van der Waals surface area contributed by atoms with E-state index in [1.165, 1.54) is 23.1 Å². The lowest BCUT2D eigenvalue weighted by Gasteiger charge is -2.31. The molecule has 0 aliphatic heterocycles. The second kappa shape index (κ2) is 12.0. The van der Waals surface area contributed by atoms with Crippen LogP contribution in [-0.4, -0.2) is 55.4 Å². The minimum atomic E-state index is -3.99. The molecular formula is C23H29ClN4O6S. The van der Waals surface area contributed by atoms with Crippen LogP contribution in [0.25, 0.3) is 0 Å². The van der Waals surface area contributed by atoms with E-state index in [1.807, 2.05) is 13.8 Å². The molecular weight excluding hydrogens is 496 g/mol. The minimum Gasteiger partial charge on any atom is -0.354 e. The molecule has 12 heteroatoms. The van der Waals surface area contributed by atoms with E-state index in [-0.39, 0.29) is 29.7 Å². The number of non-ortho nitro benzene ring substituents is 1. The molecule has 0 fully saturated rings. The quantitative estimate of drug-likeness (QED) is 0.355. The van der Waals surface area contributed by atoms with Gasteiger partial charge in [0.25, 0.3) is 5.69 Å². The SMILES string of the molecule is CC(C)CNC(=O)[C@H](C)N(Cc1ccc(Cl)cc1)C(=O)CN(c1cccc([N+](=O)[O-])c1)S(C)(=O)=O. The lowest BCUT2D eigenvalue weighted by Crippen LogP contribution is -2.51. The van der Waals surface area contributed by atoms with Crippen molar-refractivity contribution in [1.82, 2.24) is 10.2 Å². The van der Waals surface area contributed by atoms with Crippen molar-refractivity contribution in [3.63, 3.8) is 0 Å². The van der Waals surface area contributed by atoms with Crippen LogP contribution >= 0.6 is 11.6 Å². The number of nitro benzene ring substituents is 1. The first-order chi connectivity index (χ1) is 16.3. The van der Waals surface area contributed by atoms with E-state index in [0.29, 0.717) is 17.1 Å². The smallest absolute Gasteiger partial charge is 0.271 e. The van der Waals surface area contributed by atoms with Crippen LogP contribution in [-0.2, 0) is 26.2 Å². The third kappa shape index (κ3) is 8.22. The summed E-state index contributed by atoms with van der Waals surface area (Å²) in [5, 5.41) is 14.5. The second-order valence-electron chi connectivity index (χ2n) is 8.51. The summed E-state index contributed by atoms with van der Waals surface area (Å²) in [4.78, 5) is 38.0. The zero-order valence-corrected chi connectivity index (χ0v) is 21.5. The van der Waals surface area contributed by atoms with Crippen LogP contribution in [0.5, 0.6) is 0 Å². The Morgan fingerprint density at radius 3 is 2.29 bits per heavy atom. The molecule has 1 N–H and O–H groups in total. The van der Waals surface area contributed by atoms with E-state index in [0.717, 1.165) is 16.6 Å². The van der Waals surface area contributed by atoms with Crippen molar-refractivity contribution in [2.75, 3.05) is 23.7 Å². The molecule has 0 saturated heterocycles. The number of hydrogen-bond acceptors (Lipinski definition) is 6. The van der Waals surface area contributed by atoms with Gasteiger partial charge < -0.3 is 10.2 Å². The molecule has 0 spiro atoms. The Hall–Kier alpha value is -3.18. The number of nitrogens with zero attached hydrogens (tertiary/aromatic N) is 3. The number of carbonyl (C=O) groups is 2. The van der Waals surface area contributed by atoms with Gasteiger partial charge in [0.15, 0.2) is 0 Å². The minimum absolute atomic E-state index is 0.0266. The average molecular weight is 525 g/mol. The molecule has 35 heavy (non-hydrogen) atoms. The fourth-order valence-electron chi connectivity index (χ4n) is 3.20. The van der Waals surface area contributed by atoms with Crippen LogP contribution in [0.1, 0.15) is 26.3 Å². The topological polar surface area (TPSA) is 130 Å². The number of nitro groups is 1. The number of amides is 2. The average Bonchev–Trinajstić information content (AvgIpc) is 2.79. The second-order valence-corrected chi connectivity index (χ2v) is 10.9. The van der Waals surface area contributed by atoms with Crippen LogP contribution in [0.2, 0.25) is 5.02 Å². The van der Waals surface area contributed by atoms with Crippen molar-refractivity contribution in [3.05, 3.63) is 69.2 Å². The summed E-state index contributed by atoms with van der Waals surface area (Å²) < 4.78 is 25.9. The van der Waals surface area contributed by atoms with E-state index in [2.05, 4.69) is 5.32 Å². The lowest BCUT2D eigenvalue weighted by molar-refractivity contribution is -0.384. The van der Waals surface area contributed by atoms with Crippen LogP contribution in [0, 0.1) is 16.0 Å². The number of rotatable bonds is 11. The molecule has 0 radical (unpaired) electrons. The Balaban J connectivity index is 2.39. The first-order valence-corrected chi connectivity index (χ1v) is 13.1.